The van der Waals surface area contributed by atoms with E-state index in [0.717, 1.165) is 27.1 Å². The zero-order chi connectivity index (χ0) is 26.4. The van der Waals surface area contributed by atoms with Gasteiger partial charge in [0.25, 0.3) is 16.8 Å². The van der Waals surface area contributed by atoms with Crippen LogP contribution in [0.25, 0.3) is 6.08 Å². The van der Waals surface area contributed by atoms with Crippen LogP contribution in [0.1, 0.15) is 11.1 Å². The van der Waals surface area contributed by atoms with Gasteiger partial charge in [-0.3, -0.25) is 29.4 Å². The number of rotatable bonds is 9. The number of anilines is 1. The van der Waals surface area contributed by atoms with Crippen molar-refractivity contribution in [3.63, 3.8) is 0 Å². The number of hydrogen-bond acceptors (Lipinski definition) is 8. The van der Waals surface area contributed by atoms with Crippen molar-refractivity contribution >= 4 is 58.0 Å². The van der Waals surface area contributed by atoms with Crippen LogP contribution >= 0.6 is 23.5 Å². The van der Waals surface area contributed by atoms with Crippen LogP contribution in [0.15, 0.2) is 82.6 Å². The first-order chi connectivity index (χ1) is 17.8. The fraction of sp³-hybridized carbons (Fsp3) is 0.115. The fourth-order valence-corrected chi connectivity index (χ4v) is 4.67. The summed E-state index contributed by atoms with van der Waals surface area (Å²) in [5.74, 6) is -0.413. The number of nitrogens with zero attached hydrogens (tertiary/aromatic N) is 2. The van der Waals surface area contributed by atoms with Crippen molar-refractivity contribution in [1.82, 2.24) is 4.90 Å². The van der Waals surface area contributed by atoms with E-state index in [1.807, 2.05) is 24.5 Å². The SMILES string of the molecule is CSc1cccc(NC(=O)CN2C(=O)S/C(=C/c3ccc(OCc4ccc([N+](=O)[O-])cc4)cc3)C2=O)c1. The van der Waals surface area contributed by atoms with E-state index in [-0.39, 0.29) is 23.7 Å². The van der Waals surface area contributed by atoms with E-state index in [9.17, 15) is 24.5 Å². The molecule has 188 valence electrons. The van der Waals surface area contributed by atoms with Crippen molar-refractivity contribution in [1.29, 1.82) is 0 Å². The van der Waals surface area contributed by atoms with Crippen LogP contribution in [0, 0.1) is 10.1 Å². The van der Waals surface area contributed by atoms with Gasteiger partial charge in [0.05, 0.1) is 9.83 Å². The van der Waals surface area contributed by atoms with Gasteiger partial charge in [0.1, 0.15) is 18.9 Å². The van der Waals surface area contributed by atoms with Gasteiger partial charge in [-0.25, -0.2) is 0 Å². The third-order valence-corrected chi connectivity index (χ3v) is 6.89. The van der Waals surface area contributed by atoms with Crippen LogP contribution in [-0.4, -0.2) is 39.7 Å². The molecular formula is C26H21N3O6S2. The number of ether oxygens (including phenoxy) is 1. The maximum atomic E-state index is 12.8. The molecule has 4 rings (SSSR count). The molecule has 1 N–H and O–H groups in total. The Morgan fingerprint density at radius 1 is 1.11 bits per heavy atom. The summed E-state index contributed by atoms with van der Waals surface area (Å²) in [6, 6.07) is 20.3. The van der Waals surface area contributed by atoms with Gasteiger partial charge in [0, 0.05) is 22.7 Å². The first kappa shape index (κ1) is 26.0. The number of benzene rings is 3. The number of nitro benzene ring substituents is 1. The Hall–Kier alpha value is -4.09. The largest absolute Gasteiger partial charge is 0.489 e. The quantitative estimate of drug-likeness (QED) is 0.163. The van der Waals surface area contributed by atoms with Gasteiger partial charge in [-0.05, 0) is 77.7 Å². The molecule has 1 heterocycles. The third-order valence-electron chi connectivity index (χ3n) is 5.26. The average Bonchev–Trinajstić information content (AvgIpc) is 3.15. The lowest BCUT2D eigenvalue weighted by atomic mass is 10.2. The van der Waals surface area contributed by atoms with Crippen LogP contribution in [0.4, 0.5) is 16.2 Å². The summed E-state index contributed by atoms with van der Waals surface area (Å²) in [5, 5.41) is 13.0. The maximum Gasteiger partial charge on any atom is 0.294 e. The van der Waals surface area contributed by atoms with Crippen LogP contribution in [0.3, 0.4) is 0 Å². The highest BCUT2D eigenvalue weighted by atomic mass is 32.2. The topological polar surface area (TPSA) is 119 Å². The van der Waals surface area contributed by atoms with E-state index in [1.54, 1.807) is 48.5 Å². The Morgan fingerprint density at radius 2 is 1.84 bits per heavy atom. The highest BCUT2D eigenvalue weighted by molar-refractivity contribution is 8.18. The molecule has 0 aliphatic carbocycles. The second-order valence-electron chi connectivity index (χ2n) is 7.83. The normalized spacial score (nSPS) is 14.2. The number of amides is 3. The fourth-order valence-electron chi connectivity index (χ4n) is 3.37. The molecule has 1 saturated heterocycles. The van der Waals surface area contributed by atoms with E-state index in [0.29, 0.717) is 17.0 Å². The molecule has 37 heavy (non-hydrogen) atoms. The first-order valence-electron chi connectivity index (χ1n) is 11.0. The zero-order valence-electron chi connectivity index (χ0n) is 19.6. The molecule has 0 radical (unpaired) electrons. The summed E-state index contributed by atoms with van der Waals surface area (Å²) in [6.45, 7) is -0.138. The average molecular weight is 536 g/mol. The Kier molecular flexibility index (Phi) is 8.26. The van der Waals surface area contributed by atoms with Gasteiger partial charge in [0.2, 0.25) is 5.91 Å². The lowest BCUT2D eigenvalue weighted by molar-refractivity contribution is -0.384. The van der Waals surface area contributed by atoms with Crippen LogP contribution in [0.2, 0.25) is 0 Å². The van der Waals surface area contributed by atoms with Crippen molar-refractivity contribution in [3.8, 4) is 5.75 Å². The minimum atomic E-state index is -0.526. The van der Waals surface area contributed by atoms with E-state index >= 15 is 0 Å². The van der Waals surface area contributed by atoms with E-state index in [1.165, 1.54) is 23.9 Å². The van der Waals surface area contributed by atoms with Crippen LogP contribution < -0.4 is 10.1 Å². The van der Waals surface area contributed by atoms with Gasteiger partial charge >= 0.3 is 0 Å². The molecule has 0 unspecified atom stereocenters. The second kappa shape index (κ2) is 11.8. The van der Waals surface area contributed by atoms with Gasteiger partial charge < -0.3 is 10.1 Å². The van der Waals surface area contributed by atoms with E-state index < -0.39 is 22.0 Å². The van der Waals surface area contributed by atoms with Gasteiger partial charge in [-0.2, -0.15) is 0 Å². The Morgan fingerprint density at radius 3 is 2.51 bits per heavy atom. The molecule has 0 spiro atoms. The second-order valence-corrected chi connectivity index (χ2v) is 9.70. The molecule has 11 heteroatoms. The van der Waals surface area contributed by atoms with Gasteiger partial charge in [0.15, 0.2) is 0 Å². The number of nitro groups is 1. The standard InChI is InChI=1S/C26H21N3O6S2/c1-36-22-4-2-3-19(14-22)27-24(30)15-28-25(31)23(37-26(28)32)13-17-7-11-21(12-8-17)35-16-18-5-9-20(10-6-18)29(33)34/h2-14H,15-16H2,1H3,(H,27,30)/b23-13+. The lowest BCUT2D eigenvalue weighted by Crippen LogP contribution is -2.36. The summed E-state index contributed by atoms with van der Waals surface area (Å²) in [6.07, 6.45) is 3.51. The summed E-state index contributed by atoms with van der Waals surface area (Å²) >= 11 is 2.32. The molecule has 3 aromatic carbocycles. The highest BCUT2D eigenvalue weighted by Crippen LogP contribution is 2.32. The molecule has 0 aromatic heterocycles. The number of carbonyl (C=O) groups excluding carboxylic acids is 3. The van der Waals surface area contributed by atoms with Crippen molar-refractivity contribution in [2.45, 2.75) is 11.5 Å². The van der Waals surface area contributed by atoms with Crippen molar-refractivity contribution < 1.29 is 24.0 Å². The molecule has 1 aliphatic rings. The van der Waals surface area contributed by atoms with Gasteiger partial charge in [-0.1, -0.05) is 18.2 Å². The predicted octanol–water partition coefficient (Wildman–Crippen LogP) is 5.57. The van der Waals surface area contributed by atoms with Crippen molar-refractivity contribution in [3.05, 3.63) is 98.9 Å². The molecule has 3 aromatic rings. The number of hydrogen-bond donors (Lipinski definition) is 1. The number of imide groups is 1. The summed E-state index contributed by atoms with van der Waals surface area (Å²) in [7, 11) is 0. The molecule has 3 amide bonds. The smallest absolute Gasteiger partial charge is 0.294 e. The third kappa shape index (κ3) is 6.78. The molecule has 9 nitrogen and oxygen atoms in total. The van der Waals surface area contributed by atoms with Crippen molar-refractivity contribution in [2.24, 2.45) is 0 Å². The number of carbonyl (C=O) groups is 3. The first-order valence-corrected chi connectivity index (χ1v) is 13.0. The summed E-state index contributed by atoms with van der Waals surface area (Å²) in [5.41, 5.74) is 2.07. The Bertz CT molecular complexity index is 1370. The van der Waals surface area contributed by atoms with Crippen molar-refractivity contribution in [2.75, 3.05) is 18.1 Å². The predicted molar refractivity (Wildman–Crippen MR) is 143 cm³/mol. The summed E-state index contributed by atoms with van der Waals surface area (Å²) < 4.78 is 5.71. The monoisotopic (exact) mass is 535 g/mol. The highest BCUT2D eigenvalue weighted by Gasteiger charge is 2.36. The zero-order valence-corrected chi connectivity index (χ0v) is 21.2. The summed E-state index contributed by atoms with van der Waals surface area (Å²) in [4.78, 5) is 50.0. The minimum absolute atomic E-state index is 0.0130. The lowest BCUT2D eigenvalue weighted by Gasteiger charge is -2.12. The minimum Gasteiger partial charge on any atom is -0.489 e. The number of thioether (sulfide) groups is 2. The Balaban J connectivity index is 1.34. The number of non-ortho nitro benzene ring substituents is 1. The molecule has 1 aliphatic heterocycles. The van der Waals surface area contributed by atoms with Gasteiger partial charge in [-0.15, -0.1) is 11.8 Å². The molecule has 0 atom stereocenters. The van der Waals surface area contributed by atoms with Crippen LogP contribution in [-0.2, 0) is 16.2 Å². The number of nitrogens with one attached hydrogen (secondary N) is 1. The van der Waals surface area contributed by atoms with E-state index in [4.69, 9.17) is 4.74 Å². The molecular weight excluding hydrogens is 514 g/mol. The molecule has 0 bridgehead atoms. The molecule has 0 saturated carbocycles. The Labute approximate surface area is 221 Å². The van der Waals surface area contributed by atoms with Crippen LogP contribution in [0.5, 0.6) is 5.75 Å². The van der Waals surface area contributed by atoms with E-state index in [2.05, 4.69) is 5.32 Å². The molecule has 1 fully saturated rings. The maximum absolute atomic E-state index is 12.8.